The van der Waals surface area contributed by atoms with Gasteiger partial charge in [-0.15, -0.1) is 11.6 Å². The van der Waals surface area contributed by atoms with E-state index in [1.807, 2.05) is 6.08 Å². The van der Waals surface area contributed by atoms with Crippen LogP contribution >= 0.6 is 11.6 Å². The minimum absolute atomic E-state index is 0.101. The second-order valence-electron chi connectivity index (χ2n) is 7.81. The van der Waals surface area contributed by atoms with Crippen LogP contribution in [0.1, 0.15) is 18.4 Å². The van der Waals surface area contributed by atoms with Crippen molar-refractivity contribution in [2.45, 2.75) is 37.0 Å². The molecule has 3 unspecified atom stereocenters. The van der Waals surface area contributed by atoms with Gasteiger partial charge in [0.25, 0.3) is 11.9 Å². The molecule has 1 N–H and O–H groups in total. The van der Waals surface area contributed by atoms with Gasteiger partial charge >= 0.3 is 6.03 Å². The summed E-state index contributed by atoms with van der Waals surface area (Å²) in [4.78, 5) is 34.9. The number of fused-ring (bicyclic) bond motifs is 1. The SMILES string of the molecule is CN1C(=O)N(CCCO)C(=O)C2C1N=C(OC1=CC(Cl)CC=C1)N2Cc1ccc(F)cc1. The molecule has 1 aromatic rings. The average Bonchev–Trinajstić information content (AvgIpc) is 3.12. The van der Waals surface area contributed by atoms with E-state index in [1.54, 1.807) is 36.2 Å². The number of carbonyl (C=O) groups excluding carboxylic acids is 2. The van der Waals surface area contributed by atoms with Gasteiger partial charge in [-0.05, 0) is 42.7 Å². The zero-order valence-electron chi connectivity index (χ0n) is 17.5. The lowest BCUT2D eigenvalue weighted by atomic mass is 10.1. The van der Waals surface area contributed by atoms with Crippen molar-refractivity contribution in [1.29, 1.82) is 0 Å². The first-order valence-electron chi connectivity index (χ1n) is 10.4. The van der Waals surface area contributed by atoms with Gasteiger partial charge in [0, 0.05) is 26.7 Å². The highest BCUT2D eigenvalue weighted by Crippen LogP contribution is 2.31. The van der Waals surface area contributed by atoms with Crippen molar-refractivity contribution in [3.63, 3.8) is 0 Å². The topological polar surface area (TPSA) is 85.7 Å². The Morgan fingerprint density at radius 2 is 2.03 bits per heavy atom. The summed E-state index contributed by atoms with van der Waals surface area (Å²) >= 11 is 6.20. The highest BCUT2D eigenvalue weighted by Gasteiger charge is 2.52. The Morgan fingerprint density at radius 3 is 2.72 bits per heavy atom. The number of benzene rings is 1. The molecule has 2 aliphatic heterocycles. The van der Waals surface area contributed by atoms with Crippen LogP contribution in [0.25, 0.3) is 0 Å². The number of hydrogen-bond acceptors (Lipinski definition) is 6. The lowest BCUT2D eigenvalue weighted by molar-refractivity contribution is -0.138. The van der Waals surface area contributed by atoms with Gasteiger partial charge in [-0.25, -0.2) is 14.2 Å². The Bertz CT molecular complexity index is 981. The van der Waals surface area contributed by atoms with Crippen LogP contribution in [-0.4, -0.2) is 75.6 Å². The predicted molar refractivity (Wildman–Crippen MR) is 116 cm³/mol. The first-order chi connectivity index (χ1) is 15.4. The van der Waals surface area contributed by atoms with E-state index in [4.69, 9.17) is 21.4 Å². The molecule has 1 saturated heterocycles. The molecular formula is C22H24ClFN4O4. The Balaban J connectivity index is 1.66. The average molecular weight is 463 g/mol. The predicted octanol–water partition coefficient (Wildman–Crippen LogP) is 2.44. The number of amidine groups is 1. The summed E-state index contributed by atoms with van der Waals surface area (Å²) in [5.41, 5.74) is 0.751. The van der Waals surface area contributed by atoms with Crippen molar-refractivity contribution < 1.29 is 23.8 Å². The van der Waals surface area contributed by atoms with Gasteiger partial charge in [0.05, 0.1) is 5.38 Å². The minimum Gasteiger partial charge on any atom is -0.426 e. The fraction of sp³-hybridized carbons (Fsp3) is 0.409. The van der Waals surface area contributed by atoms with Gasteiger partial charge in [0.15, 0.2) is 12.2 Å². The van der Waals surface area contributed by atoms with Crippen LogP contribution < -0.4 is 0 Å². The number of allylic oxidation sites excluding steroid dienone is 3. The molecule has 2 heterocycles. The Labute approximate surface area is 190 Å². The van der Waals surface area contributed by atoms with Gasteiger partial charge in [-0.1, -0.05) is 18.2 Å². The molecule has 0 spiro atoms. The number of amides is 3. The van der Waals surface area contributed by atoms with Gasteiger partial charge in [0.1, 0.15) is 11.6 Å². The molecule has 32 heavy (non-hydrogen) atoms. The lowest BCUT2D eigenvalue weighted by Crippen LogP contribution is -2.65. The zero-order valence-corrected chi connectivity index (χ0v) is 18.3. The molecule has 1 fully saturated rings. The number of aliphatic hydroxyl groups excluding tert-OH is 1. The van der Waals surface area contributed by atoms with E-state index in [0.717, 1.165) is 10.5 Å². The van der Waals surface area contributed by atoms with Crippen LogP contribution in [0.3, 0.4) is 0 Å². The number of aliphatic imine (C=N–C) groups is 1. The second-order valence-corrected chi connectivity index (χ2v) is 8.37. The quantitative estimate of drug-likeness (QED) is 0.656. The molecular weight excluding hydrogens is 439 g/mol. The standard InChI is InChI=1S/C22H24ClFN4O4/c1-26-19-18(20(30)27(22(26)31)10-3-11-29)28(13-14-6-8-16(24)9-7-14)21(25-19)32-17-5-2-4-15(23)12-17/h2,5-9,12,15,18-19,29H,3-4,10-11,13H2,1H3. The summed E-state index contributed by atoms with van der Waals surface area (Å²) in [5, 5.41) is 8.95. The Hall–Kier alpha value is -2.91. The van der Waals surface area contributed by atoms with Gasteiger partial charge in [-0.2, -0.15) is 0 Å². The molecule has 3 amide bonds. The minimum atomic E-state index is -0.809. The number of hydrogen-bond donors (Lipinski definition) is 1. The molecule has 10 heteroatoms. The normalized spacial score (nSPS) is 25.1. The highest BCUT2D eigenvalue weighted by molar-refractivity contribution is 6.22. The van der Waals surface area contributed by atoms with Gasteiger partial charge in [-0.3, -0.25) is 9.69 Å². The first-order valence-corrected chi connectivity index (χ1v) is 10.8. The molecule has 0 bridgehead atoms. The van der Waals surface area contributed by atoms with Crippen LogP contribution in [0.2, 0.25) is 0 Å². The van der Waals surface area contributed by atoms with E-state index in [0.29, 0.717) is 12.2 Å². The first kappa shape index (κ1) is 22.3. The third kappa shape index (κ3) is 4.35. The summed E-state index contributed by atoms with van der Waals surface area (Å²) in [5.74, 6) is -0.284. The van der Waals surface area contributed by atoms with Crippen LogP contribution in [-0.2, 0) is 16.1 Å². The number of nitrogens with zero attached hydrogens (tertiary/aromatic N) is 4. The number of urea groups is 1. The van der Waals surface area contributed by atoms with E-state index < -0.39 is 24.1 Å². The molecule has 8 nitrogen and oxygen atoms in total. The molecule has 0 radical (unpaired) electrons. The number of ether oxygens (including phenoxy) is 1. The van der Waals surface area contributed by atoms with Crippen molar-refractivity contribution in [3.8, 4) is 0 Å². The van der Waals surface area contributed by atoms with Crippen LogP contribution in [0, 0.1) is 5.82 Å². The maximum Gasteiger partial charge on any atom is 0.328 e. The van der Waals surface area contributed by atoms with Crippen molar-refractivity contribution in [2.75, 3.05) is 20.2 Å². The number of imide groups is 1. The Kier molecular flexibility index (Phi) is 6.48. The molecule has 1 aliphatic carbocycles. The monoisotopic (exact) mass is 462 g/mol. The summed E-state index contributed by atoms with van der Waals surface area (Å²) < 4.78 is 19.4. The summed E-state index contributed by atoms with van der Waals surface area (Å²) in [6.45, 7) is 0.187. The number of likely N-dealkylation sites (N-methyl/N-ethyl adjacent to an activating group) is 1. The third-order valence-corrected chi connectivity index (χ3v) is 5.86. The smallest absolute Gasteiger partial charge is 0.328 e. The van der Waals surface area contributed by atoms with E-state index in [-0.39, 0.29) is 43.3 Å². The molecule has 3 aliphatic rings. The number of halogens is 2. The zero-order chi connectivity index (χ0) is 22.8. The molecule has 4 rings (SSSR count). The maximum atomic E-state index is 13.4. The van der Waals surface area contributed by atoms with Crippen molar-refractivity contribution in [2.24, 2.45) is 4.99 Å². The highest BCUT2D eigenvalue weighted by atomic mass is 35.5. The van der Waals surface area contributed by atoms with Gasteiger partial charge in [0.2, 0.25) is 0 Å². The van der Waals surface area contributed by atoms with Crippen LogP contribution in [0.5, 0.6) is 0 Å². The van der Waals surface area contributed by atoms with Gasteiger partial charge < -0.3 is 19.6 Å². The van der Waals surface area contributed by atoms with E-state index in [1.165, 1.54) is 17.0 Å². The fourth-order valence-electron chi connectivity index (χ4n) is 3.92. The van der Waals surface area contributed by atoms with Crippen molar-refractivity contribution in [3.05, 3.63) is 59.6 Å². The fourth-order valence-corrected chi connectivity index (χ4v) is 4.14. The van der Waals surface area contributed by atoms with Crippen LogP contribution in [0.4, 0.5) is 9.18 Å². The summed E-state index contributed by atoms with van der Waals surface area (Å²) in [7, 11) is 1.58. The molecule has 0 aromatic heterocycles. The molecule has 0 saturated carbocycles. The van der Waals surface area contributed by atoms with Crippen molar-refractivity contribution in [1.82, 2.24) is 14.7 Å². The molecule has 1 aromatic carbocycles. The van der Waals surface area contributed by atoms with E-state index in [9.17, 15) is 14.0 Å². The number of aliphatic hydroxyl groups is 1. The van der Waals surface area contributed by atoms with E-state index >= 15 is 0 Å². The molecule has 170 valence electrons. The second kappa shape index (κ2) is 9.30. The summed E-state index contributed by atoms with van der Waals surface area (Å²) in [6, 6.07) is 4.84. The van der Waals surface area contributed by atoms with Crippen molar-refractivity contribution >= 4 is 29.6 Å². The lowest BCUT2D eigenvalue weighted by Gasteiger charge is -2.41. The van der Waals surface area contributed by atoms with E-state index in [2.05, 4.69) is 4.99 Å². The number of rotatable bonds is 6. The maximum absolute atomic E-state index is 13.4. The number of carbonyl (C=O) groups is 2. The number of alkyl halides is 1. The van der Waals surface area contributed by atoms with Crippen LogP contribution in [0.15, 0.2) is 53.2 Å². The third-order valence-electron chi connectivity index (χ3n) is 5.56. The Morgan fingerprint density at radius 1 is 1.28 bits per heavy atom. The molecule has 3 atom stereocenters. The largest absolute Gasteiger partial charge is 0.426 e. The summed E-state index contributed by atoms with van der Waals surface area (Å²) in [6.07, 6.45) is 5.62.